The molecule has 2 aromatic rings. The summed E-state index contributed by atoms with van der Waals surface area (Å²) in [5, 5.41) is 0. The molecule has 0 amide bonds. The molecule has 0 unspecified atom stereocenters. The first kappa shape index (κ1) is 6.11. The molecule has 3 N–H and O–H groups in total. The number of hydrogen-bond donors (Lipinski definition) is 2. The van der Waals surface area contributed by atoms with Gasteiger partial charge in [0.15, 0.2) is 11.4 Å². The van der Waals surface area contributed by atoms with Gasteiger partial charge in [-0.05, 0) is 0 Å². The fourth-order valence-corrected chi connectivity index (χ4v) is 0.892. The lowest BCUT2D eigenvalue weighted by Gasteiger charge is -1.96. The average molecular weight is 150 g/mol. The molecule has 5 heteroatoms. The molecule has 0 aliphatic carbocycles. The van der Waals surface area contributed by atoms with Gasteiger partial charge in [0.25, 0.3) is 0 Å². The Morgan fingerprint density at radius 3 is 3.18 bits per heavy atom. The molecule has 0 aliphatic heterocycles. The fourth-order valence-electron chi connectivity index (χ4n) is 0.892. The van der Waals surface area contributed by atoms with Crippen LogP contribution in [-0.4, -0.2) is 9.97 Å². The number of rotatable bonds is 1. The van der Waals surface area contributed by atoms with Crippen LogP contribution < -0.4 is 11.3 Å². The number of nitrogens with zero attached hydrogens (tertiary/aromatic N) is 2. The monoisotopic (exact) mass is 150 g/mol. The van der Waals surface area contributed by atoms with E-state index in [1.54, 1.807) is 12.3 Å². The Morgan fingerprint density at radius 2 is 2.36 bits per heavy atom. The van der Waals surface area contributed by atoms with E-state index >= 15 is 0 Å². The summed E-state index contributed by atoms with van der Waals surface area (Å²) in [4.78, 5) is 7.81. The van der Waals surface area contributed by atoms with Crippen molar-refractivity contribution in [1.82, 2.24) is 9.97 Å². The number of hydrazine groups is 1. The third kappa shape index (κ3) is 0.821. The van der Waals surface area contributed by atoms with Gasteiger partial charge in [-0.2, -0.15) is 0 Å². The van der Waals surface area contributed by atoms with Crippen molar-refractivity contribution in [2.24, 2.45) is 5.84 Å². The maximum atomic E-state index is 5.17. The van der Waals surface area contributed by atoms with Gasteiger partial charge in [-0.15, -0.1) is 0 Å². The zero-order valence-electron chi connectivity index (χ0n) is 5.61. The Kier molecular flexibility index (Phi) is 1.23. The van der Waals surface area contributed by atoms with Crippen molar-refractivity contribution >= 4 is 16.9 Å². The molecule has 0 aliphatic rings. The van der Waals surface area contributed by atoms with E-state index in [0.717, 1.165) is 5.52 Å². The molecule has 56 valence electrons. The minimum atomic E-state index is 0.500. The van der Waals surface area contributed by atoms with Gasteiger partial charge in [-0.25, -0.2) is 15.8 Å². The van der Waals surface area contributed by atoms with Gasteiger partial charge in [0.1, 0.15) is 11.8 Å². The van der Waals surface area contributed by atoms with E-state index in [2.05, 4.69) is 15.4 Å². The summed E-state index contributed by atoms with van der Waals surface area (Å²) in [6, 6.07) is 1.75. The molecule has 0 radical (unpaired) electrons. The van der Waals surface area contributed by atoms with E-state index in [1.165, 1.54) is 6.33 Å². The van der Waals surface area contributed by atoms with Gasteiger partial charge in [0.2, 0.25) is 0 Å². The summed E-state index contributed by atoms with van der Waals surface area (Å²) in [5.74, 6) is 5.67. The lowest BCUT2D eigenvalue weighted by Crippen LogP contribution is -2.08. The SMILES string of the molecule is NNc1ncnc2ccoc12. The molecular formula is C6H6N4O. The largest absolute Gasteiger partial charge is 0.459 e. The van der Waals surface area contributed by atoms with E-state index in [1.807, 2.05) is 0 Å². The van der Waals surface area contributed by atoms with Crippen LogP contribution in [0.2, 0.25) is 0 Å². The first-order valence-electron chi connectivity index (χ1n) is 3.06. The molecule has 2 heterocycles. The summed E-state index contributed by atoms with van der Waals surface area (Å²) in [6.07, 6.45) is 2.97. The van der Waals surface area contributed by atoms with Crippen LogP contribution in [0.15, 0.2) is 23.1 Å². The van der Waals surface area contributed by atoms with Crippen LogP contribution in [0.4, 0.5) is 5.82 Å². The molecule has 2 rings (SSSR count). The third-order valence-corrected chi connectivity index (χ3v) is 1.38. The molecule has 2 aromatic heterocycles. The minimum absolute atomic E-state index is 0.500. The van der Waals surface area contributed by atoms with Gasteiger partial charge in [0, 0.05) is 6.07 Å². The number of nitrogen functional groups attached to an aromatic ring is 1. The van der Waals surface area contributed by atoms with Gasteiger partial charge in [0.05, 0.1) is 6.26 Å². The lowest BCUT2D eigenvalue weighted by atomic mass is 10.4. The first-order valence-corrected chi connectivity index (χ1v) is 3.06. The van der Waals surface area contributed by atoms with E-state index in [4.69, 9.17) is 10.3 Å². The van der Waals surface area contributed by atoms with Gasteiger partial charge >= 0.3 is 0 Å². The molecule has 0 spiro atoms. The molecular weight excluding hydrogens is 144 g/mol. The summed E-state index contributed by atoms with van der Waals surface area (Å²) >= 11 is 0. The summed E-state index contributed by atoms with van der Waals surface area (Å²) in [7, 11) is 0. The van der Waals surface area contributed by atoms with Crippen molar-refractivity contribution < 1.29 is 4.42 Å². The number of nitrogens with two attached hydrogens (primary N) is 1. The molecule has 11 heavy (non-hydrogen) atoms. The number of hydrogen-bond acceptors (Lipinski definition) is 5. The highest BCUT2D eigenvalue weighted by molar-refractivity contribution is 5.82. The highest BCUT2D eigenvalue weighted by Gasteiger charge is 2.03. The number of fused-ring (bicyclic) bond motifs is 1. The van der Waals surface area contributed by atoms with Crippen LogP contribution in [0, 0.1) is 0 Å². The fraction of sp³-hybridized carbons (Fsp3) is 0. The predicted octanol–water partition coefficient (Wildman–Crippen LogP) is 0.508. The Morgan fingerprint density at radius 1 is 1.45 bits per heavy atom. The molecule has 0 saturated heterocycles. The van der Waals surface area contributed by atoms with Gasteiger partial charge in [-0.1, -0.05) is 0 Å². The number of aromatic nitrogens is 2. The van der Waals surface area contributed by atoms with Crippen LogP contribution in [-0.2, 0) is 0 Å². The Labute approximate surface area is 62.2 Å². The zero-order chi connectivity index (χ0) is 7.68. The minimum Gasteiger partial charge on any atom is -0.459 e. The summed E-state index contributed by atoms with van der Waals surface area (Å²) in [6.45, 7) is 0. The standard InChI is InChI=1S/C6H6N4O/c7-10-6-5-4(1-2-11-5)8-3-9-6/h1-3H,7H2,(H,8,9,10). The van der Waals surface area contributed by atoms with Crippen molar-refractivity contribution in [2.45, 2.75) is 0 Å². The zero-order valence-corrected chi connectivity index (χ0v) is 5.61. The predicted molar refractivity (Wildman–Crippen MR) is 39.6 cm³/mol. The van der Waals surface area contributed by atoms with Crippen LogP contribution >= 0.6 is 0 Å². The smallest absolute Gasteiger partial charge is 0.195 e. The Balaban J connectivity index is 2.79. The van der Waals surface area contributed by atoms with Crippen LogP contribution in [0.1, 0.15) is 0 Å². The topological polar surface area (TPSA) is 77.0 Å². The van der Waals surface area contributed by atoms with E-state index in [0.29, 0.717) is 11.4 Å². The lowest BCUT2D eigenvalue weighted by molar-refractivity contribution is 0.614. The van der Waals surface area contributed by atoms with Crippen molar-refractivity contribution in [2.75, 3.05) is 5.43 Å². The number of nitrogens with one attached hydrogen (secondary N) is 1. The molecule has 0 bridgehead atoms. The van der Waals surface area contributed by atoms with Crippen LogP contribution in [0.5, 0.6) is 0 Å². The van der Waals surface area contributed by atoms with Gasteiger partial charge < -0.3 is 9.84 Å². The van der Waals surface area contributed by atoms with Crippen LogP contribution in [0.3, 0.4) is 0 Å². The van der Waals surface area contributed by atoms with Crippen molar-refractivity contribution in [1.29, 1.82) is 0 Å². The highest BCUT2D eigenvalue weighted by atomic mass is 16.3. The van der Waals surface area contributed by atoms with Gasteiger partial charge in [-0.3, -0.25) is 0 Å². The Bertz CT molecular complexity index is 369. The van der Waals surface area contributed by atoms with E-state index in [9.17, 15) is 0 Å². The second-order valence-corrected chi connectivity index (χ2v) is 2.00. The molecule has 0 atom stereocenters. The molecule has 5 nitrogen and oxygen atoms in total. The van der Waals surface area contributed by atoms with Crippen molar-refractivity contribution in [3.63, 3.8) is 0 Å². The van der Waals surface area contributed by atoms with Crippen molar-refractivity contribution in [3.8, 4) is 0 Å². The third-order valence-electron chi connectivity index (χ3n) is 1.38. The van der Waals surface area contributed by atoms with E-state index in [-0.39, 0.29) is 0 Å². The highest BCUT2D eigenvalue weighted by Crippen LogP contribution is 2.17. The first-order chi connectivity index (χ1) is 5.42. The quantitative estimate of drug-likeness (QED) is 0.457. The summed E-state index contributed by atoms with van der Waals surface area (Å²) < 4.78 is 5.07. The normalized spacial score (nSPS) is 10.3. The average Bonchev–Trinajstić information content (AvgIpc) is 2.50. The second kappa shape index (κ2) is 2.21. The maximum Gasteiger partial charge on any atom is 0.195 e. The number of anilines is 1. The van der Waals surface area contributed by atoms with Crippen LogP contribution in [0.25, 0.3) is 11.1 Å². The molecule has 0 saturated carbocycles. The molecule has 0 aromatic carbocycles. The van der Waals surface area contributed by atoms with E-state index < -0.39 is 0 Å². The maximum absolute atomic E-state index is 5.17. The second-order valence-electron chi connectivity index (χ2n) is 2.00. The van der Waals surface area contributed by atoms with Crippen molar-refractivity contribution in [3.05, 3.63) is 18.7 Å². The molecule has 0 fully saturated rings. The Hall–Kier alpha value is -1.62. The summed E-state index contributed by atoms with van der Waals surface area (Å²) in [5.41, 5.74) is 3.73. The number of furan rings is 1.